The van der Waals surface area contributed by atoms with Gasteiger partial charge in [0.05, 0.1) is 12.2 Å². The SMILES string of the molecule is CC(=O)Oc1c(C)c(C)nn1CCSc1ccccc1. The van der Waals surface area contributed by atoms with Crippen molar-refractivity contribution in [2.45, 2.75) is 32.2 Å². The predicted molar refractivity (Wildman–Crippen MR) is 80.2 cm³/mol. The van der Waals surface area contributed by atoms with E-state index in [1.165, 1.54) is 11.8 Å². The second-order valence-electron chi connectivity index (χ2n) is 4.49. The maximum Gasteiger partial charge on any atom is 0.309 e. The average molecular weight is 290 g/mol. The van der Waals surface area contributed by atoms with Crippen molar-refractivity contribution in [3.63, 3.8) is 0 Å². The number of aryl methyl sites for hydroxylation is 2. The third kappa shape index (κ3) is 3.63. The molecule has 0 amide bonds. The van der Waals surface area contributed by atoms with Gasteiger partial charge in [0.15, 0.2) is 0 Å². The predicted octanol–water partition coefficient (Wildman–Crippen LogP) is 3.22. The molecule has 0 saturated carbocycles. The summed E-state index contributed by atoms with van der Waals surface area (Å²) in [5.41, 5.74) is 1.82. The Morgan fingerprint density at radius 1 is 1.30 bits per heavy atom. The van der Waals surface area contributed by atoms with Crippen LogP contribution >= 0.6 is 11.8 Å². The fraction of sp³-hybridized carbons (Fsp3) is 0.333. The molecule has 20 heavy (non-hydrogen) atoms. The van der Waals surface area contributed by atoms with Gasteiger partial charge in [0.25, 0.3) is 0 Å². The fourth-order valence-electron chi connectivity index (χ4n) is 1.83. The van der Waals surface area contributed by atoms with Gasteiger partial charge in [0, 0.05) is 23.1 Å². The number of carbonyl (C=O) groups is 1. The van der Waals surface area contributed by atoms with Crippen LogP contribution in [-0.4, -0.2) is 21.5 Å². The zero-order chi connectivity index (χ0) is 14.5. The molecule has 0 saturated heterocycles. The molecule has 1 aromatic heterocycles. The Labute approximate surface area is 123 Å². The number of benzene rings is 1. The lowest BCUT2D eigenvalue weighted by Crippen LogP contribution is -2.10. The molecule has 106 valence electrons. The number of thioether (sulfide) groups is 1. The molecule has 0 fully saturated rings. The van der Waals surface area contributed by atoms with Crippen molar-refractivity contribution in [1.82, 2.24) is 9.78 Å². The van der Waals surface area contributed by atoms with E-state index in [1.807, 2.05) is 32.0 Å². The van der Waals surface area contributed by atoms with Crippen LogP contribution in [0.2, 0.25) is 0 Å². The summed E-state index contributed by atoms with van der Waals surface area (Å²) in [6.07, 6.45) is 0. The minimum Gasteiger partial charge on any atom is -0.408 e. The summed E-state index contributed by atoms with van der Waals surface area (Å²) >= 11 is 1.76. The number of aromatic nitrogens is 2. The molecule has 0 atom stereocenters. The molecular weight excluding hydrogens is 272 g/mol. The minimum atomic E-state index is -0.315. The lowest BCUT2D eigenvalue weighted by molar-refractivity contribution is -0.132. The molecule has 0 aliphatic heterocycles. The first-order valence-corrected chi connectivity index (χ1v) is 7.46. The summed E-state index contributed by atoms with van der Waals surface area (Å²) in [6, 6.07) is 10.2. The lowest BCUT2D eigenvalue weighted by atomic mass is 10.3. The van der Waals surface area contributed by atoms with E-state index in [0.29, 0.717) is 12.4 Å². The van der Waals surface area contributed by atoms with Crippen LogP contribution < -0.4 is 4.74 Å². The maximum absolute atomic E-state index is 11.2. The van der Waals surface area contributed by atoms with Gasteiger partial charge < -0.3 is 4.74 Å². The Hall–Kier alpha value is -1.75. The fourth-order valence-corrected chi connectivity index (χ4v) is 2.68. The molecule has 0 bridgehead atoms. The smallest absolute Gasteiger partial charge is 0.309 e. The van der Waals surface area contributed by atoms with E-state index < -0.39 is 0 Å². The standard InChI is InChI=1S/C15H18N2O2S/c1-11-12(2)16-17(15(11)19-13(3)18)9-10-20-14-7-5-4-6-8-14/h4-8H,9-10H2,1-3H3. The second kappa shape index (κ2) is 6.61. The van der Waals surface area contributed by atoms with E-state index in [0.717, 1.165) is 17.0 Å². The molecule has 0 N–H and O–H groups in total. The number of nitrogens with zero attached hydrogens (tertiary/aromatic N) is 2. The highest BCUT2D eigenvalue weighted by molar-refractivity contribution is 7.99. The van der Waals surface area contributed by atoms with E-state index in [2.05, 4.69) is 17.2 Å². The molecule has 2 rings (SSSR count). The highest BCUT2D eigenvalue weighted by Gasteiger charge is 2.14. The van der Waals surface area contributed by atoms with Crippen LogP contribution in [0, 0.1) is 13.8 Å². The molecule has 4 nitrogen and oxygen atoms in total. The number of ether oxygens (including phenoxy) is 1. The maximum atomic E-state index is 11.2. The van der Waals surface area contributed by atoms with Gasteiger partial charge in [0.1, 0.15) is 0 Å². The summed E-state index contributed by atoms with van der Waals surface area (Å²) in [7, 11) is 0. The van der Waals surface area contributed by atoms with Gasteiger partial charge in [0.2, 0.25) is 5.88 Å². The number of hydrogen-bond donors (Lipinski definition) is 0. The molecule has 0 aliphatic carbocycles. The first kappa shape index (κ1) is 14.7. The van der Waals surface area contributed by atoms with E-state index in [4.69, 9.17) is 4.74 Å². The van der Waals surface area contributed by atoms with Crippen LogP contribution in [0.25, 0.3) is 0 Å². The van der Waals surface area contributed by atoms with Crippen molar-refractivity contribution in [1.29, 1.82) is 0 Å². The van der Waals surface area contributed by atoms with Crippen LogP contribution in [-0.2, 0) is 11.3 Å². The van der Waals surface area contributed by atoms with Crippen molar-refractivity contribution in [2.24, 2.45) is 0 Å². The summed E-state index contributed by atoms with van der Waals surface area (Å²) < 4.78 is 7.02. The van der Waals surface area contributed by atoms with Gasteiger partial charge >= 0.3 is 5.97 Å². The Kier molecular flexibility index (Phi) is 4.84. The molecular formula is C15H18N2O2S. The largest absolute Gasteiger partial charge is 0.408 e. The van der Waals surface area contributed by atoms with Crippen LogP contribution in [0.1, 0.15) is 18.2 Å². The van der Waals surface area contributed by atoms with Gasteiger partial charge in [-0.15, -0.1) is 11.8 Å². The van der Waals surface area contributed by atoms with Gasteiger partial charge in [-0.2, -0.15) is 5.10 Å². The number of rotatable bonds is 5. The molecule has 0 unspecified atom stereocenters. The monoisotopic (exact) mass is 290 g/mol. The van der Waals surface area contributed by atoms with Crippen LogP contribution in [0.3, 0.4) is 0 Å². The second-order valence-corrected chi connectivity index (χ2v) is 5.66. The normalized spacial score (nSPS) is 10.6. The molecule has 1 aromatic carbocycles. The topological polar surface area (TPSA) is 44.1 Å². The Morgan fingerprint density at radius 3 is 2.65 bits per heavy atom. The van der Waals surface area contributed by atoms with E-state index in [-0.39, 0.29) is 5.97 Å². The quantitative estimate of drug-likeness (QED) is 0.626. The van der Waals surface area contributed by atoms with Crippen molar-refractivity contribution in [2.75, 3.05) is 5.75 Å². The van der Waals surface area contributed by atoms with Crippen molar-refractivity contribution < 1.29 is 9.53 Å². The van der Waals surface area contributed by atoms with E-state index in [1.54, 1.807) is 16.4 Å². The molecule has 2 aromatic rings. The zero-order valence-corrected chi connectivity index (χ0v) is 12.7. The van der Waals surface area contributed by atoms with Crippen molar-refractivity contribution >= 4 is 17.7 Å². The lowest BCUT2D eigenvalue weighted by Gasteiger charge is -2.07. The third-order valence-electron chi connectivity index (χ3n) is 2.92. The van der Waals surface area contributed by atoms with Crippen LogP contribution in [0.5, 0.6) is 5.88 Å². The Bertz CT molecular complexity index is 593. The van der Waals surface area contributed by atoms with E-state index in [9.17, 15) is 4.79 Å². The van der Waals surface area contributed by atoms with Gasteiger partial charge in [-0.05, 0) is 26.0 Å². The Morgan fingerprint density at radius 2 is 2.00 bits per heavy atom. The molecule has 0 aliphatic rings. The van der Waals surface area contributed by atoms with Crippen LogP contribution in [0.4, 0.5) is 0 Å². The van der Waals surface area contributed by atoms with Gasteiger partial charge in [-0.3, -0.25) is 4.79 Å². The van der Waals surface area contributed by atoms with Crippen molar-refractivity contribution in [3.8, 4) is 5.88 Å². The first-order chi connectivity index (χ1) is 9.58. The molecule has 0 spiro atoms. The number of hydrogen-bond acceptors (Lipinski definition) is 4. The first-order valence-electron chi connectivity index (χ1n) is 6.48. The third-order valence-corrected chi connectivity index (χ3v) is 3.92. The number of carbonyl (C=O) groups excluding carboxylic acids is 1. The van der Waals surface area contributed by atoms with Gasteiger partial charge in [-0.1, -0.05) is 18.2 Å². The summed E-state index contributed by atoms with van der Waals surface area (Å²) in [5, 5.41) is 4.42. The van der Waals surface area contributed by atoms with Gasteiger partial charge in [-0.25, -0.2) is 4.68 Å². The van der Waals surface area contributed by atoms with Crippen LogP contribution in [0.15, 0.2) is 35.2 Å². The molecule has 0 radical (unpaired) electrons. The highest BCUT2D eigenvalue weighted by atomic mass is 32.2. The summed E-state index contributed by atoms with van der Waals surface area (Å²) in [5.74, 6) is 1.12. The molecule has 1 heterocycles. The van der Waals surface area contributed by atoms with Crippen molar-refractivity contribution in [3.05, 3.63) is 41.6 Å². The summed E-state index contributed by atoms with van der Waals surface area (Å²) in [6.45, 7) is 5.95. The Balaban J connectivity index is 2.02. The summed E-state index contributed by atoms with van der Waals surface area (Å²) in [4.78, 5) is 12.4. The average Bonchev–Trinajstić information content (AvgIpc) is 2.67. The zero-order valence-electron chi connectivity index (χ0n) is 11.9. The highest BCUT2D eigenvalue weighted by Crippen LogP contribution is 2.23. The molecule has 5 heteroatoms. The van der Waals surface area contributed by atoms with E-state index >= 15 is 0 Å². The minimum absolute atomic E-state index is 0.315. The number of esters is 1.